The summed E-state index contributed by atoms with van der Waals surface area (Å²) in [6, 6.07) is 8.82. The van der Waals surface area contributed by atoms with Gasteiger partial charge in [-0.15, -0.1) is 0 Å². The molecule has 1 N–H and O–H groups in total. The van der Waals surface area contributed by atoms with Crippen molar-refractivity contribution in [3.63, 3.8) is 0 Å². The summed E-state index contributed by atoms with van der Waals surface area (Å²) in [4.78, 5) is 11.5. The normalized spacial score (nSPS) is 15.2. The Morgan fingerprint density at radius 2 is 1.95 bits per heavy atom. The molecule has 1 aliphatic carbocycles. The number of hydrogen-bond acceptors (Lipinski definition) is 3. The van der Waals surface area contributed by atoms with Crippen LogP contribution in [0.15, 0.2) is 24.3 Å². The van der Waals surface area contributed by atoms with Crippen LogP contribution < -0.4 is 5.32 Å². The van der Waals surface area contributed by atoms with Crippen molar-refractivity contribution < 1.29 is 9.53 Å². The Hall–Kier alpha value is -1.35. The number of carbonyl (C=O) groups excluding carboxylic acids is 1. The summed E-state index contributed by atoms with van der Waals surface area (Å²) in [5.41, 5.74) is 2.47. The fourth-order valence-corrected chi connectivity index (χ4v) is 2.30. The number of ether oxygens (including phenoxy) is 1. The number of rotatable bonds is 7. The molecule has 1 aromatic rings. The topological polar surface area (TPSA) is 38.3 Å². The number of benzene rings is 1. The Morgan fingerprint density at radius 1 is 1.30 bits per heavy atom. The van der Waals surface area contributed by atoms with Gasteiger partial charge >= 0.3 is 5.97 Å². The molecule has 0 unspecified atom stereocenters. The Kier molecular flexibility index (Phi) is 4.81. The molecule has 0 amide bonds. The predicted molar refractivity (Wildman–Crippen MR) is 80.6 cm³/mol. The summed E-state index contributed by atoms with van der Waals surface area (Å²) < 4.78 is 5.00. The molecule has 0 aliphatic heterocycles. The van der Waals surface area contributed by atoms with E-state index in [4.69, 9.17) is 4.74 Å². The minimum Gasteiger partial charge on any atom is -0.466 e. The maximum absolute atomic E-state index is 11.5. The van der Waals surface area contributed by atoms with Crippen molar-refractivity contribution in [1.29, 1.82) is 0 Å². The Labute approximate surface area is 121 Å². The molecule has 0 bridgehead atoms. The largest absolute Gasteiger partial charge is 0.466 e. The molecule has 20 heavy (non-hydrogen) atoms. The van der Waals surface area contributed by atoms with Crippen LogP contribution in [-0.4, -0.2) is 18.1 Å². The molecule has 0 heterocycles. The molecule has 1 fully saturated rings. The first-order valence-electron chi connectivity index (χ1n) is 7.49. The highest BCUT2D eigenvalue weighted by Crippen LogP contribution is 2.39. The van der Waals surface area contributed by atoms with E-state index >= 15 is 0 Å². The Bertz CT molecular complexity index is 447. The highest BCUT2D eigenvalue weighted by atomic mass is 16.5. The van der Waals surface area contributed by atoms with Crippen LogP contribution in [0.1, 0.15) is 57.1 Å². The molecule has 3 heteroatoms. The molecular formula is C17H25NO2. The number of carbonyl (C=O) groups is 1. The average molecular weight is 275 g/mol. The van der Waals surface area contributed by atoms with E-state index in [1.807, 2.05) is 20.8 Å². The first kappa shape index (κ1) is 15.0. The van der Waals surface area contributed by atoms with E-state index in [1.165, 1.54) is 24.0 Å². The van der Waals surface area contributed by atoms with Gasteiger partial charge in [0.1, 0.15) is 0 Å². The molecule has 110 valence electrons. The van der Waals surface area contributed by atoms with Crippen LogP contribution >= 0.6 is 0 Å². The lowest BCUT2D eigenvalue weighted by Crippen LogP contribution is -2.41. The summed E-state index contributed by atoms with van der Waals surface area (Å²) in [5, 5.41) is 3.43. The van der Waals surface area contributed by atoms with Gasteiger partial charge in [0.2, 0.25) is 0 Å². The molecule has 0 aromatic heterocycles. The van der Waals surface area contributed by atoms with E-state index in [0.717, 1.165) is 12.5 Å². The van der Waals surface area contributed by atoms with Crippen molar-refractivity contribution in [2.24, 2.45) is 0 Å². The molecule has 0 radical (unpaired) electrons. The van der Waals surface area contributed by atoms with E-state index in [2.05, 4.69) is 29.6 Å². The molecule has 1 saturated carbocycles. The second-order valence-corrected chi connectivity index (χ2v) is 6.24. The number of hydrogen-bond donors (Lipinski definition) is 1. The Balaban J connectivity index is 1.81. The van der Waals surface area contributed by atoms with Crippen LogP contribution in [0.4, 0.5) is 0 Å². The van der Waals surface area contributed by atoms with E-state index in [9.17, 15) is 4.79 Å². The van der Waals surface area contributed by atoms with Gasteiger partial charge in [-0.2, -0.15) is 0 Å². The van der Waals surface area contributed by atoms with E-state index in [0.29, 0.717) is 13.0 Å². The Morgan fingerprint density at radius 3 is 2.50 bits per heavy atom. The molecule has 3 nitrogen and oxygen atoms in total. The van der Waals surface area contributed by atoms with E-state index in [1.54, 1.807) is 0 Å². The lowest BCUT2D eigenvalue weighted by Gasteiger charge is -2.25. The molecule has 0 atom stereocenters. The number of nitrogens with one attached hydrogen (secondary N) is 1. The molecular weight excluding hydrogens is 250 g/mol. The highest BCUT2D eigenvalue weighted by molar-refractivity contribution is 5.70. The molecule has 0 saturated heterocycles. The second-order valence-electron chi connectivity index (χ2n) is 6.24. The maximum Gasteiger partial charge on any atom is 0.307 e. The van der Waals surface area contributed by atoms with Crippen LogP contribution in [0.2, 0.25) is 0 Å². The van der Waals surface area contributed by atoms with Gasteiger partial charge in [-0.3, -0.25) is 4.79 Å². The summed E-state index contributed by atoms with van der Waals surface area (Å²) >= 11 is 0. The van der Waals surface area contributed by atoms with Gasteiger partial charge in [0.15, 0.2) is 0 Å². The molecule has 0 spiro atoms. The first-order chi connectivity index (χ1) is 9.50. The van der Waals surface area contributed by atoms with Crippen LogP contribution in [0.5, 0.6) is 0 Å². The standard InChI is InChI=1S/C17H25NO2/c1-4-20-16(19)11-17(2,3)18-12-13-5-7-14(8-6-13)15-9-10-15/h5-8,15,18H,4,9-12H2,1-3H3. The predicted octanol–water partition coefficient (Wildman–Crippen LogP) is 3.39. The highest BCUT2D eigenvalue weighted by Gasteiger charge is 2.24. The summed E-state index contributed by atoms with van der Waals surface area (Å²) in [6.45, 7) is 7.11. The zero-order chi connectivity index (χ0) is 14.6. The third-order valence-electron chi connectivity index (χ3n) is 3.69. The second kappa shape index (κ2) is 6.40. The van der Waals surface area contributed by atoms with Gasteiger partial charge in [0.05, 0.1) is 13.0 Å². The summed E-state index contributed by atoms with van der Waals surface area (Å²) in [7, 11) is 0. The summed E-state index contributed by atoms with van der Waals surface area (Å²) in [5.74, 6) is 0.659. The fourth-order valence-electron chi connectivity index (χ4n) is 2.30. The van der Waals surface area contributed by atoms with Crippen molar-refractivity contribution in [1.82, 2.24) is 5.32 Å². The van der Waals surface area contributed by atoms with Crippen molar-refractivity contribution in [2.75, 3.05) is 6.61 Å². The fraction of sp³-hybridized carbons (Fsp3) is 0.588. The van der Waals surface area contributed by atoms with Crippen LogP contribution in [-0.2, 0) is 16.1 Å². The molecule has 2 rings (SSSR count). The SMILES string of the molecule is CCOC(=O)CC(C)(C)NCc1ccc(C2CC2)cc1. The van der Waals surface area contributed by atoms with E-state index < -0.39 is 0 Å². The van der Waals surface area contributed by atoms with Crippen molar-refractivity contribution >= 4 is 5.97 Å². The first-order valence-corrected chi connectivity index (χ1v) is 7.49. The summed E-state index contributed by atoms with van der Waals surface area (Å²) in [6.07, 6.45) is 3.06. The zero-order valence-corrected chi connectivity index (χ0v) is 12.7. The monoisotopic (exact) mass is 275 g/mol. The van der Waals surface area contributed by atoms with Gasteiger partial charge in [-0.25, -0.2) is 0 Å². The lowest BCUT2D eigenvalue weighted by atomic mass is 10.00. The molecule has 1 aliphatic rings. The van der Waals surface area contributed by atoms with Gasteiger partial charge in [0.25, 0.3) is 0 Å². The number of esters is 1. The average Bonchev–Trinajstić information content (AvgIpc) is 3.21. The van der Waals surface area contributed by atoms with E-state index in [-0.39, 0.29) is 11.5 Å². The van der Waals surface area contributed by atoms with Crippen LogP contribution in [0, 0.1) is 0 Å². The smallest absolute Gasteiger partial charge is 0.307 e. The lowest BCUT2D eigenvalue weighted by molar-refractivity contribution is -0.144. The van der Waals surface area contributed by atoms with Crippen LogP contribution in [0.25, 0.3) is 0 Å². The van der Waals surface area contributed by atoms with Crippen LogP contribution in [0.3, 0.4) is 0 Å². The maximum atomic E-state index is 11.5. The quantitative estimate of drug-likeness (QED) is 0.775. The minimum atomic E-state index is -0.249. The van der Waals surface area contributed by atoms with Crippen molar-refractivity contribution in [3.05, 3.63) is 35.4 Å². The van der Waals surface area contributed by atoms with Crippen molar-refractivity contribution in [2.45, 2.75) is 58.0 Å². The van der Waals surface area contributed by atoms with Gasteiger partial charge < -0.3 is 10.1 Å². The molecule has 1 aromatic carbocycles. The van der Waals surface area contributed by atoms with Gasteiger partial charge in [-0.1, -0.05) is 24.3 Å². The van der Waals surface area contributed by atoms with Gasteiger partial charge in [0, 0.05) is 12.1 Å². The zero-order valence-electron chi connectivity index (χ0n) is 12.7. The third kappa shape index (κ3) is 4.64. The van der Waals surface area contributed by atoms with Crippen molar-refractivity contribution in [3.8, 4) is 0 Å². The minimum absolute atomic E-state index is 0.144. The third-order valence-corrected chi connectivity index (χ3v) is 3.69. The van der Waals surface area contributed by atoms with Gasteiger partial charge in [-0.05, 0) is 50.7 Å².